The molecule has 0 aliphatic rings. The molecule has 1 rings (SSSR count). The van der Waals surface area contributed by atoms with Gasteiger partial charge in [0.05, 0.1) is 30.3 Å². The number of nitro groups is 1. The number of hydrogen-bond donors (Lipinski definition) is 2. The van der Waals surface area contributed by atoms with Gasteiger partial charge in [-0.1, -0.05) is 0 Å². The molecule has 1 aromatic rings. The summed E-state index contributed by atoms with van der Waals surface area (Å²) in [6, 6.07) is 2.59. The van der Waals surface area contributed by atoms with Crippen molar-refractivity contribution in [1.82, 2.24) is 10.6 Å². The van der Waals surface area contributed by atoms with E-state index in [4.69, 9.17) is 14.2 Å². The van der Waals surface area contributed by atoms with Gasteiger partial charge in [-0.05, 0) is 47.1 Å². The van der Waals surface area contributed by atoms with Gasteiger partial charge in [0.2, 0.25) is 5.91 Å². The molecular weight excluding hydrogens is 394 g/mol. The third-order valence-electron chi connectivity index (χ3n) is 3.89. The standard InChI is InChI=1S/C20H31N3O7/c1-12(2)21-19(24)8-7-9-29-18-11-16(23(26)27)15(10-17(18)28-6)14(5)30-20(25)22-13(3)4/h10-14H,7-9H2,1-6H3,(H,21,24)(H,22,25). The summed E-state index contributed by atoms with van der Waals surface area (Å²) in [6.45, 7) is 9.01. The van der Waals surface area contributed by atoms with E-state index in [0.717, 1.165) is 0 Å². The third-order valence-corrected chi connectivity index (χ3v) is 3.89. The van der Waals surface area contributed by atoms with E-state index in [1.807, 2.05) is 13.8 Å². The Balaban J connectivity index is 2.93. The van der Waals surface area contributed by atoms with Gasteiger partial charge in [-0.2, -0.15) is 0 Å². The van der Waals surface area contributed by atoms with Crippen LogP contribution in [0.3, 0.4) is 0 Å². The van der Waals surface area contributed by atoms with E-state index in [1.54, 1.807) is 13.8 Å². The van der Waals surface area contributed by atoms with E-state index in [0.29, 0.717) is 6.42 Å². The number of carbonyl (C=O) groups excluding carboxylic acids is 2. The van der Waals surface area contributed by atoms with Crippen molar-refractivity contribution in [3.63, 3.8) is 0 Å². The van der Waals surface area contributed by atoms with Crippen molar-refractivity contribution >= 4 is 17.7 Å². The van der Waals surface area contributed by atoms with Crippen LogP contribution in [0.15, 0.2) is 12.1 Å². The van der Waals surface area contributed by atoms with Crippen LogP contribution in [0.2, 0.25) is 0 Å². The first-order chi connectivity index (χ1) is 14.0. The fraction of sp³-hybridized carbons (Fsp3) is 0.600. The normalized spacial score (nSPS) is 11.7. The maximum absolute atomic E-state index is 11.8. The van der Waals surface area contributed by atoms with E-state index >= 15 is 0 Å². The van der Waals surface area contributed by atoms with E-state index in [9.17, 15) is 19.7 Å². The second-order valence-corrected chi connectivity index (χ2v) is 7.34. The molecular formula is C20H31N3O7. The molecule has 0 aliphatic carbocycles. The van der Waals surface area contributed by atoms with Crippen molar-refractivity contribution in [3.05, 3.63) is 27.8 Å². The number of nitro benzene ring substituents is 1. The Morgan fingerprint density at radius 3 is 2.23 bits per heavy atom. The summed E-state index contributed by atoms with van der Waals surface area (Å²) < 4.78 is 16.1. The Morgan fingerprint density at radius 1 is 1.07 bits per heavy atom. The van der Waals surface area contributed by atoms with Gasteiger partial charge in [0, 0.05) is 18.5 Å². The van der Waals surface area contributed by atoms with Gasteiger partial charge in [0.15, 0.2) is 11.5 Å². The molecule has 0 bridgehead atoms. The minimum Gasteiger partial charge on any atom is -0.493 e. The lowest BCUT2D eigenvalue weighted by atomic mass is 10.1. The molecule has 2 N–H and O–H groups in total. The van der Waals surface area contributed by atoms with Gasteiger partial charge in [-0.15, -0.1) is 0 Å². The van der Waals surface area contributed by atoms with E-state index in [2.05, 4.69) is 10.6 Å². The molecule has 0 saturated heterocycles. The van der Waals surface area contributed by atoms with Gasteiger partial charge >= 0.3 is 6.09 Å². The van der Waals surface area contributed by atoms with Gasteiger partial charge in [-0.3, -0.25) is 14.9 Å². The minimum absolute atomic E-state index is 0.0561. The van der Waals surface area contributed by atoms with Crippen molar-refractivity contribution in [2.24, 2.45) is 0 Å². The van der Waals surface area contributed by atoms with Gasteiger partial charge in [0.1, 0.15) is 6.10 Å². The quantitative estimate of drug-likeness (QED) is 0.315. The number of methoxy groups -OCH3 is 1. The maximum atomic E-state index is 11.8. The minimum atomic E-state index is -0.883. The molecule has 0 radical (unpaired) electrons. The van der Waals surface area contributed by atoms with Crippen molar-refractivity contribution in [2.45, 2.75) is 65.6 Å². The van der Waals surface area contributed by atoms with Crippen molar-refractivity contribution in [2.75, 3.05) is 13.7 Å². The second kappa shape index (κ2) is 11.8. The summed E-state index contributed by atoms with van der Waals surface area (Å²) in [7, 11) is 1.41. The molecule has 10 nitrogen and oxygen atoms in total. The molecule has 168 valence electrons. The number of carbonyl (C=O) groups is 2. The summed E-state index contributed by atoms with van der Waals surface area (Å²) >= 11 is 0. The molecule has 0 heterocycles. The number of nitrogens with zero attached hydrogens (tertiary/aromatic N) is 1. The predicted molar refractivity (Wildman–Crippen MR) is 111 cm³/mol. The number of benzene rings is 1. The average Bonchev–Trinajstić information content (AvgIpc) is 2.63. The molecule has 0 aliphatic heterocycles. The van der Waals surface area contributed by atoms with Crippen LogP contribution in [0.25, 0.3) is 0 Å². The Morgan fingerprint density at radius 2 is 1.70 bits per heavy atom. The molecule has 0 fully saturated rings. The average molecular weight is 425 g/mol. The molecule has 0 saturated carbocycles. The first-order valence-electron chi connectivity index (χ1n) is 9.80. The van der Waals surface area contributed by atoms with Crippen LogP contribution in [-0.2, 0) is 9.53 Å². The topological polar surface area (TPSA) is 129 Å². The molecule has 1 aromatic carbocycles. The van der Waals surface area contributed by atoms with Crippen LogP contribution in [0, 0.1) is 10.1 Å². The van der Waals surface area contributed by atoms with Crippen LogP contribution in [-0.4, -0.2) is 42.7 Å². The first-order valence-corrected chi connectivity index (χ1v) is 9.80. The highest BCUT2D eigenvalue weighted by Crippen LogP contribution is 2.38. The fourth-order valence-electron chi connectivity index (χ4n) is 2.62. The fourth-order valence-corrected chi connectivity index (χ4v) is 2.62. The second-order valence-electron chi connectivity index (χ2n) is 7.34. The van der Waals surface area contributed by atoms with Crippen LogP contribution in [0.5, 0.6) is 11.5 Å². The molecule has 1 unspecified atom stereocenters. The third kappa shape index (κ3) is 8.14. The summed E-state index contributed by atoms with van der Waals surface area (Å²) in [5, 5.41) is 16.9. The number of ether oxygens (including phenoxy) is 3. The Hall–Kier alpha value is -3.04. The highest BCUT2D eigenvalue weighted by molar-refractivity contribution is 5.76. The smallest absolute Gasteiger partial charge is 0.407 e. The molecule has 0 spiro atoms. The van der Waals surface area contributed by atoms with Crippen LogP contribution < -0.4 is 20.1 Å². The largest absolute Gasteiger partial charge is 0.493 e. The number of rotatable bonds is 11. The van der Waals surface area contributed by atoms with Gasteiger partial charge in [0.25, 0.3) is 5.69 Å². The maximum Gasteiger partial charge on any atom is 0.407 e. The summed E-state index contributed by atoms with van der Waals surface area (Å²) in [6.07, 6.45) is -0.847. The summed E-state index contributed by atoms with van der Waals surface area (Å²) in [4.78, 5) is 34.5. The van der Waals surface area contributed by atoms with E-state index in [-0.39, 0.29) is 53.8 Å². The van der Waals surface area contributed by atoms with Gasteiger partial charge in [-0.25, -0.2) is 4.79 Å². The molecule has 30 heavy (non-hydrogen) atoms. The lowest BCUT2D eigenvalue weighted by Gasteiger charge is -2.18. The zero-order valence-corrected chi connectivity index (χ0v) is 18.3. The summed E-state index contributed by atoms with van der Waals surface area (Å²) in [5.41, 5.74) is -0.0763. The summed E-state index contributed by atoms with van der Waals surface area (Å²) in [5.74, 6) is 0.352. The van der Waals surface area contributed by atoms with Crippen molar-refractivity contribution < 1.29 is 28.7 Å². The molecule has 1 atom stereocenters. The number of hydrogen-bond acceptors (Lipinski definition) is 7. The molecule has 2 amide bonds. The highest BCUT2D eigenvalue weighted by atomic mass is 16.6. The zero-order chi connectivity index (χ0) is 22.8. The van der Waals surface area contributed by atoms with Crippen molar-refractivity contribution in [1.29, 1.82) is 0 Å². The van der Waals surface area contributed by atoms with E-state index in [1.165, 1.54) is 26.2 Å². The zero-order valence-electron chi connectivity index (χ0n) is 18.3. The lowest BCUT2D eigenvalue weighted by molar-refractivity contribution is -0.386. The van der Waals surface area contributed by atoms with Crippen LogP contribution >= 0.6 is 0 Å². The van der Waals surface area contributed by atoms with Crippen molar-refractivity contribution in [3.8, 4) is 11.5 Å². The van der Waals surface area contributed by atoms with Crippen LogP contribution in [0.1, 0.15) is 59.1 Å². The molecule has 10 heteroatoms. The first kappa shape index (κ1) is 25.0. The Labute approximate surface area is 176 Å². The number of amides is 2. The molecule has 0 aromatic heterocycles. The SMILES string of the molecule is COc1cc(C(C)OC(=O)NC(C)C)c([N+](=O)[O-])cc1OCCCC(=O)NC(C)C. The number of alkyl carbamates (subject to hydrolysis) is 1. The number of nitrogens with one attached hydrogen (secondary N) is 2. The lowest BCUT2D eigenvalue weighted by Crippen LogP contribution is -2.31. The highest BCUT2D eigenvalue weighted by Gasteiger charge is 2.26. The Kier molecular flexibility index (Phi) is 9.87. The van der Waals surface area contributed by atoms with Crippen LogP contribution in [0.4, 0.5) is 10.5 Å². The van der Waals surface area contributed by atoms with E-state index < -0.39 is 17.1 Å². The monoisotopic (exact) mass is 425 g/mol. The van der Waals surface area contributed by atoms with Gasteiger partial charge < -0.3 is 24.8 Å². The predicted octanol–water partition coefficient (Wildman–Crippen LogP) is 3.48. The Bertz CT molecular complexity index is 750.